The van der Waals surface area contributed by atoms with Crippen LogP contribution in [0.2, 0.25) is 0 Å². The number of hydrogen-bond donors (Lipinski definition) is 0. The minimum absolute atomic E-state index is 0.0259. The largest absolute Gasteiger partial charge is 0.465 e. The second-order valence-electron chi connectivity index (χ2n) is 26.0. The van der Waals surface area contributed by atoms with Crippen molar-refractivity contribution in [2.45, 2.75) is 279 Å². The Balaban J connectivity index is 0.000000428. The van der Waals surface area contributed by atoms with Gasteiger partial charge in [-0.05, 0) is 209 Å². The fraction of sp³-hybridized carbons (Fsp3) is 0.833. The van der Waals surface area contributed by atoms with E-state index in [1.807, 2.05) is 0 Å². The third-order valence-corrected chi connectivity index (χ3v) is 18.9. The van der Waals surface area contributed by atoms with E-state index in [1.54, 1.807) is 21.0 Å². The van der Waals surface area contributed by atoms with Gasteiger partial charge in [0.05, 0.1) is 44.9 Å². The van der Waals surface area contributed by atoms with Gasteiger partial charge in [0.25, 0.3) is 0 Å². The Labute approximate surface area is 512 Å². The van der Waals surface area contributed by atoms with Gasteiger partial charge in [0.15, 0.2) is 0 Å². The standard InChI is InChI=1S/C28H48O4.C27H46O4.C9H16O3.C8H14O/c1-4-5-8-11-23-12-14-24(15-13-23)25-16-18-26(19-17-25)28(30)32-21-10-7-6-9-20-31-27(29)22(2)3;1-3-5-8-11-22-12-14-23(15-13-22)24-16-18-25(19-17-24)27(29)31-21-10-7-6-9-20-30-26(28)4-2;1-8(2)9(10)12-7-5-4-6-11-3;1-7-2-4-8(6-9)5-3-7/h23-26H,2,4-21H2,1,3H3;4,22-25H,2-3,5-21H2,1H3;1,4-7H2,2-3H3;6-8H,2-5H2,1H3. The molecule has 0 amide bonds. The van der Waals surface area contributed by atoms with Gasteiger partial charge in [-0.1, -0.05) is 130 Å². The summed E-state index contributed by atoms with van der Waals surface area (Å²) in [6.45, 7) is 23.6. The second-order valence-corrected chi connectivity index (χ2v) is 26.0. The number of carbonyl (C=O) groups excluding carboxylic acids is 6. The predicted octanol–water partition coefficient (Wildman–Crippen LogP) is 18.0. The van der Waals surface area contributed by atoms with Crippen LogP contribution in [0.4, 0.5) is 0 Å². The smallest absolute Gasteiger partial charge is 0.333 e. The summed E-state index contributed by atoms with van der Waals surface area (Å²) in [5.74, 6) is 6.03. The van der Waals surface area contributed by atoms with Crippen molar-refractivity contribution >= 4 is 36.1 Å². The minimum atomic E-state index is -0.362. The molecule has 0 saturated heterocycles. The van der Waals surface area contributed by atoms with Crippen molar-refractivity contribution in [1.82, 2.24) is 0 Å². The third-order valence-electron chi connectivity index (χ3n) is 18.9. The van der Waals surface area contributed by atoms with Crippen molar-refractivity contribution in [2.75, 3.05) is 46.8 Å². The highest BCUT2D eigenvalue weighted by Crippen LogP contribution is 2.44. The first-order chi connectivity index (χ1) is 40.6. The lowest BCUT2D eigenvalue weighted by atomic mass is 9.68. The molecule has 0 aromatic carbocycles. The van der Waals surface area contributed by atoms with Crippen LogP contribution in [-0.4, -0.2) is 82.9 Å². The number of unbranched alkanes of at least 4 members (excludes halogenated alkanes) is 11. The number of methoxy groups -OCH3 is 1. The molecule has 0 radical (unpaired) electrons. The van der Waals surface area contributed by atoms with Crippen LogP contribution in [0.15, 0.2) is 37.0 Å². The highest BCUT2D eigenvalue weighted by molar-refractivity contribution is 5.87. The van der Waals surface area contributed by atoms with Crippen molar-refractivity contribution in [2.24, 2.45) is 59.2 Å². The molecule has 0 aliphatic heterocycles. The van der Waals surface area contributed by atoms with Crippen molar-refractivity contribution in [3.05, 3.63) is 37.0 Å². The van der Waals surface area contributed by atoms with Gasteiger partial charge in [0.1, 0.15) is 6.29 Å². The van der Waals surface area contributed by atoms with Gasteiger partial charge in [-0.3, -0.25) is 9.59 Å². The molecule has 5 fully saturated rings. The van der Waals surface area contributed by atoms with Gasteiger partial charge >= 0.3 is 29.8 Å². The van der Waals surface area contributed by atoms with Crippen LogP contribution in [0.3, 0.4) is 0 Å². The van der Waals surface area contributed by atoms with Crippen LogP contribution in [0.5, 0.6) is 0 Å². The zero-order chi connectivity index (χ0) is 61.6. The van der Waals surface area contributed by atoms with Crippen molar-refractivity contribution < 1.29 is 57.2 Å². The van der Waals surface area contributed by atoms with Crippen LogP contribution in [0.25, 0.3) is 0 Å². The maximum Gasteiger partial charge on any atom is 0.333 e. The van der Waals surface area contributed by atoms with E-state index in [2.05, 4.69) is 40.5 Å². The first-order valence-electron chi connectivity index (χ1n) is 34.4. The molecule has 0 spiro atoms. The Kier molecular flexibility index (Phi) is 44.7. The average molecular weight is 1180 g/mol. The van der Waals surface area contributed by atoms with E-state index in [1.165, 1.54) is 147 Å². The Morgan fingerprint density at radius 1 is 0.417 bits per heavy atom. The zero-order valence-corrected chi connectivity index (χ0v) is 54.6. The Bertz CT molecular complexity index is 1770. The van der Waals surface area contributed by atoms with Gasteiger partial charge in [0.2, 0.25) is 0 Å². The molecule has 5 saturated carbocycles. The van der Waals surface area contributed by atoms with Crippen LogP contribution < -0.4 is 0 Å². The van der Waals surface area contributed by atoms with Gasteiger partial charge in [0, 0.05) is 36.9 Å². The summed E-state index contributed by atoms with van der Waals surface area (Å²) in [6, 6.07) is 0. The number of hydrogen-bond acceptors (Lipinski definition) is 12. The maximum atomic E-state index is 12.4. The molecule has 12 heteroatoms. The van der Waals surface area contributed by atoms with Crippen LogP contribution in [-0.2, 0) is 57.2 Å². The fourth-order valence-electron chi connectivity index (χ4n) is 13.2. The monoisotopic (exact) mass is 1180 g/mol. The molecule has 0 aromatic rings. The highest BCUT2D eigenvalue weighted by Gasteiger charge is 2.35. The molecule has 0 atom stereocenters. The molecule has 0 bridgehead atoms. The number of rotatable bonds is 35. The lowest BCUT2D eigenvalue weighted by Gasteiger charge is -2.37. The molecular formula is C72H124O12. The van der Waals surface area contributed by atoms with Crippen molar-refractivity contribution in [3.8, 4) is 0 Å². The summed E-state index contributed by atoms with van der Waals surface area (Å²) < 4.78 is 30.8. The molecule has 0 aromatic heterocycles. The number of esters is 5. The Morgan fingerprint density at radius 3 is 1.08 bits per heavy atom. The molecule has 5 aliphatic carbocycles. The van der Waals surface area contributed by atoms with E-state index >= 15 is 0 Å². The van der Waals surface area contributed by atoms with Gasteiger partial charge in [-0.2, -0.15) is 0 Å². The minimum Gasteiger partial charge on any atom is -0.465 e. The predicted molar refractivity (Wildman–Crippen MR) is 340 cm³/mol. The Hall–Kier alpha value is -3.80. The zero-order valence-electron chi connectivity index (χ0n) is 54.6. The van der Waals surface area contributed by atoms with E-state index in [-0.39, 0.29) is 41.7 Å². The second kappa shape index (κ2) is 49.2. The molecule has 84 heavy (non-hydrogen) atoms. The SMILES string of the molecule is C=C(C)C(=O)OCCCCCCOC(=O)C1CCC(C2CCC(CCCCC)CC2)CC1.C=C(C)C(=O)OCCCCOC.C=CC(=O)OCCCCCCOC(=O)C1CCC(C2CCC(CCCCC)CC2)CC1.CC1CCC(C=O)CC1. The topological polar surface area (TPSA) is 158 Å². The van der Waals surface area contributed by atoms with Crippen molar-refractivity contribution in [3.63, 3.8) is 0 Å². The third kappa shape index (κ3) is 36.4. The Morgan fingerprint density at radius 2 is 0.750 bits per heavy atom. The first kappa shape index (κ1) is 76.3. The van der Waals surface area contributed by atoms with Crippen LogP contribution in [0.1, 0.15) is 279 Å². The summed E-state index contributed by atoms with van der Waals surface area (Å²) in [5, 5.41) is 0. The molecule has 12 nitrogen and oxygen atoms in total. The number of aldehydes is 1. The van der Waals surface area contributed by atoms with E-state index in [9.17, 15) is 28.8 Å². The summed E-state index contributed by atoms with van der Waals surface area (Å²) >= 11 is 0. The summed E-state index contributed by atoms with van der Waals surface area (Å²) in [4.78, 5) is 68.2. The van der Waals surface area contributed by atoms with Crippen molar-refractivity contribution in [1.29, 1.82) is 0 Å². The first-order valence-corrected chi connectivity index (χ1v) is 34.4. The number of ether oxygens (including phenoxy) is 6. The number of carbonyl (C=O) groups is 6. The fourth-order valence-corrected chi connectivity index (χ4v) is 13.2. The molecule has 484 valence electrons. The highest BCUT2D eigenvalue weighted by atomic mass is 16.5. The van der Waals surface area contributed by atoms with Gasteiger partial charge in [-0.25, -0.2) is 14.4 Å². The normalized spacial score (nSPS) is 24.7. The lowest BCUT2D eigenvalue weighted by Crippen LogP contribution is -2.29. The summed E-state index contributed by atoms with van der Waals surface area (Å²) in [6.07, 6.45) is 47.8. The van der Waals surface area contributed by atoms with E-state index in [4.69, 9.17) is 28.4 Å². The molecule has 0 heterocycles. The van der Waals surface area contributed by atoms with E-state index < -0.39 is 0 Å². The molecular weight excluding hydrogens is 1060 g/mol. The van der Waals surface area contributed by atoms with E-state index in [0.717, 1.165) is 150 Å². The van der Waals surface area contributed by atoms with Crippen LogP contribution in [0, 0.1) is 59.2 Å². The van der Waals surface area contributed by atoms with Gasteiger partial charge < -0.3 is 33.2 Å². The van der Waals surface area contributed by atoms with E-state index in [0.29, 0.717) is 56.7 Å². The summed E-state index contributed by atoms with van der Waals surface area (Å²) in [5.41, 5.74) is 0.887. The molecule has 5 aliphatic rings. The van der Waals surface area contributed by atoms with Gasteiger partial charge in [-0.15, -0.1) is 0 Å². The average Bonchev–Trinajstić information content (AvgIpc) is 3.72. The molecule has 0 unspecified atom stereocenters. The lowest BCUT2D eigenvalue weighted by molar-refractivity contribution is -0.151. The maximum absolute atomic E-state index is 12.4. The van der Waals surface area contributed by atoms with Crippen LogP contribution >= 0.6 is 0 Å². The quantitative estimate of drug-likeness (QED) is 0.0195. The molecule has 5 rings (SSSR count). The summed E-state index contributed by atoms with van der Waals surface area (Å²) in [7, 11) is 1.65. The molecule has 0 N–H and O–H groups in total.